The Labute approximate surface area is 150 Å². The molecule has 1 fully saturated rings. The molecule has 1 aromatic heterocycles. The first-order valence-corrected chi connectivity index (χ1v) is 9.55. The summed E-state index contributed by atoms with van der Waals surface area (Å²) in [5.74, 6) is 1.78. The van der Waals surface area contributed by atoms with Crippen LogP contribution in [0.1, 0.15) is 42.1 Å². The lowest BCUT2D eigenvalue weighted by molar-refractivity contribution is 0.242. The number of piperidine rings is 1. The monoisotopic (exact) mass is 336 g/mol. The molecule has 1 saturated heterocycles. The van der Waals surface area contributed by atoms with E-state index in [-0.39, 0.29) is 0 Å². The highest BCUT2D eigenvalue weighted by molar-refractivity contribution is 5.35. The van der Waals surface area contributed by atoms with E-state index in [4.69, 9.17) is 4.98 Å². The van der Waals surface area contributed by atoms with Crippen LogP contribution in [0.5, 0.6) is 0 Å². The van der Waals surface area contributed by atoms with E-state index < -0.39 is 0 Å². The summed E-state index contributed by atoms with van der Waals surface area (Å²) < 4.78 is 0. The summed E-state index contributed by atoms with van der Waals surface area (Å²) in [7, 11) is 0. The number of rotatable bonds is 3. The molecule has 0 amide bonds. The zero-order chi connectivity index (χ0) is 17.2. The van der Waals surface area contributed by atoms with Crippen LogP contribution in [0.2, 0.25) is 0 Å². The summed E-state index contributed by atoms with van der Waals surface area (Å²) in [6.45, 7) is 9.78. The number of anilines is 1. The van der Waals surface area contributed by atoms with Gasteiger partial charge in [0.2, 0.25) is 5.95 Å². The van der Waals surface area contributed by atoms with Gasteiger partial charge in [-0.1, -0.05) is 31.2 Å². The van der Waals surface area contributed by atoms with Crippen molar-refractivity contribution in [1.82, 2.24) is 14.9 Å². The third kappa shape index (κ3) is 3.69. The topological polar surface area (TPSA) is 32.3 Å². The molecule has 0 bridgehead atoms. The molecule has 0 radical (unpaired) electrons. The average molecular weight is 336 g/mol. The van der Waals surface area contributed by atoms with Crippen molar-refractivity contribution in [3.63, 3.8) is 0 Å². The van der Waals surface area contributed by atoms with E-state index in [2.05, 4.69) is 59.1 Å². The highest BCUT2D eigenvalue weighted by Crippen LogP contribution is 2.24. The van der Waals surface area contributed by atoms with Crippen LogP contribution in [0.3, 0.4) is 0 Å². The minimum absolute atomic E-state index is 0.837. The first-order chi connectivity index (χ1) is 12.2. The average Bonchev–Trinajstić information content (AvgIpc) is 2.64. The molecule has 0 spiro atoms. The van der Waals surface area contributed by atoms with Gasteiger partial charge in [0.05, 0.1) is 5.69 Å². The molecule has 132 valence electrons. The number of fused-ring (bicyclic) bond motifs is 1. The second kappa shape index (κ2) is 7.12. The Hall–Kier alpha value is -1.94. The minimum Gasteiger partial charge on any atom is -0.341 e. The fourth-order valence-electron chi connectivity index (χ4n) is 3.89. The van der Waals surface area contributed by atoms with Gasteiger partial charge in [-0.05, 0) is 36.8 Å². The van der Waals surface area contributed by atoms with Gasteiger partial charge < -0.3 is 4.90 Å². The zero-order valence-corrected chi connectivity index (χ0v) is 15.4. The van der Waals surface area contributed by atoms with Gasteiger partial charge in [0.15, 0.2) is 0 Å². The molecule has 25 heavy (non-hydrogen) atoms. The van der Waals surface area contributed by atoms with Crippen LogP contribution in [0, 0.1) is 12.8 Å². The van der Waals surface area contributed by atoms with E-state index in [0.29, 0.717) is 0 Å². The summed E-state index contributed by atoms with van der Waals surface area (Å²) in [4.78, 5) is 14.5. The first-order valence-electron chi connectivity index (χ1n) is 9.55. The van der Waals surface area contributed by atoms with Crippen molar-refractivity contribution in [1.29, 1.82) is 0 Å². The van der Waals surface area contributed by atoms with Crippen LogP contribution >= 0.6 is 0 Å². The van der Waals surface area contributed by atoms with Crippen LogP contribution in [-0.2, 0) is 19.5 Å². The molecule has 0 aliphatic carbocycles. The van der Waals surface area contributed by atoms with Crippen molar-refractivity contribution in [2.75, 3.05) is 24.5 Å². The summed E-state index contributed by atoms with van der Waals surface area (Å²) in [6, 6.07) is 8.68. The standard InChI is InChI=1S/C21H28N4/c1-16-7-11-25(12-8-16)21-22-13-19-15-24(10-9-20(19)23-21)14-18-6-4-3-5-17(18)2/h3-6,13,16H,7-12,14-15H2,1-2H3. The van der Waals surface area contributed by atoms with E-state index >= 15 is 0 Å². The summed E-state index contributed by atoms with van der Waals surface area (Å²) in [6.07, 6.45) is 5.61. The SMILES string of the molecule is Cc1ccccc1CN1CCc2nc(N3CCC(C)CC3)ncc2C1. The third-order valence-electron chi connectivity index (χ3n) is 5.72. The van der Waals surface area contributed by atoms with Crippen LogP contribution in [0.4, 0.5) is 5.95 Å². The lowest BCUT2D eigenvalue weighted by Crippen LogP contribution is -2.35. The predicted octanol–water partition coefficient (Wildman–Crippen LogP) is 3.58. The molecule has 0 saturated carbocycles. The summed E-state index contributed by atoms with van der Waals surface area (Å²) in [5.41, 5.74) is 5.35. The molecule has 1 aromatic carbocycles. The van der Waals surface area contributed by atoms with Gasteiger partial charge in [-0.15, -0.1) is 0 Å². The maximum atomic E-state index is 4.91. The Morgan fingerprint density at radius 3 is 2.72 bits per heavy atom. The normalized spacial score (nSPS) is 19.0. The fourth-order valence-corrected chi connectivity index (χ4v) is 3.89. The van der Waals surface area contributed by atoms with E-state index in [0.717, 1.165) is 51.0 Å². The maximum absolute atomic E-state index is 4.91. The zero-order valence-electron chi connectivity index (χ0n) is 15.4. The molecular formula is C21H28N4. The molecule has 0 atom stereocenters. The number of hydrogen-bond donors (Lipinski definition) is 0. The lowest BCUT2D eigenvalue weighted by atomic mass is 9.99. The van der Waals surface area contributed by atoms with E-state index in [1.807, 2.05) is 0 Å². The van der Waals surface area contributed by atoms with Crippen molar-refractivity contribution in [3.8, 4) is 0 Å². The van der Waals surface area contributed by atoms with Gasteiger partial charge in [0.25, 0.3) is 0 Å². The molecule has 4 heteroatoms. The smallest absolute Gasteiger partial charge is 0.225 e. The molecule has 0 N–H and O–H groups in total. The highest BCUT2D eigenvalue weighted by Gasteiger charge is 2.22. The molecule has 3 heterocycles. The second-order valence-electron chi connectivity index (χ2n) is 7.70. The van der Waals surface area contributed by atoms with E-state index in [1.54, 1.807) is 0 Å². The largest absolute Gasteiger partial charge is 0.341 e. The van der Waals surface area contributed by atoms with Crippen molar-refractivity contribution in [2.45, 2.75) is 46.2 Å². The highest BCUT2D eigenvalue weighted by atomic mass is 15.3. The first kappa shape index (κ1) is 16.5. The number of aromatic nitrogens is 2. The van der Waals surface area contributed by atoms with E-state index in [9.17, 15) is 0 Å². The van der Waals surface area contributed by atoms with Gasteiger partial charge in [-0.2, -0.15) is 0 Å². The van der Waals surface area contributed by atoms with Crippen molar-refractivity contribution in [3.05, 3.63) is 52.8 Å². The summed E-state index contributed by atoms with van der Waals surface area (Å²) >= 11 is 0. The van der Waals surface area contributed by atoms with Gasteiger partial charge in [0, 0.05) is 50.9 Å². The number of hydrogen-bond acceptors (Lipinski definition) is 4. The molecular weight excluding hydrogens is 308 g/mol. The Morgan fingerprint density at radius 1 is 1.12 bits per heavy atom. The van der Waals surface area contributed by atoms with Crippen molar-refractivity contribution in [2.24, 2.45) is 5.92 Å². The third-order valence-corrected chi connectivity index (χ3v) is 5.72. The Kier molecular flexibility index (Phi) is 4.71. The van der Waals surface area contributed by atoms with Crippen LogP contribution in [-0.4, -0.2) is 34.5 Å². The van der Waals surface area contributed by atoms with Crippen LogP contribution in [0.15, 0.2) is 30.5 Å². The molecule has 0 unspecified atom stereocenters. The number of nitrogens with zero attached hydrogens (tertiary/aromatic N) is 4. The van der Waals surface area contributed by atoms with Gasteiger partial charge in [-0.3, -0.25) is 4.90 Å². The van der Waals surface area contributed by atoms with E-state index in [1.165, 1.54) is 35.2 Å². The molecule has 2 aliphatic rings. The molecule has 2 aliphatic heterocycles. The van der Waals surface area contributed by atoms with Crippen molar-refractivity contribution >= 4 is 5.95 Å². The Balaban J connectivity index is 1.44. The molecule has 2 aromatic rings. The number of aryl methyl sites for hydroxylation is 1. The lowest BCUT2D eigenvalue weighted by Gasteiger charge is -2.32. The Morgan fingerprint density at radius 2 is 1.92 bits per heavy atom. The maximum Gasteiger partial charge on any atom is 0.225 e. The van der Waals surface area contributed by atoms with Gasteiger partial charge in [-0.25, -0.2) is 9.97 Å². The molecule has 4 rings (SSSR count). The number of benzene rings is 1. The predicted molar refractivity (Wildman–Crippen MR) is 102 cm³/mol. The van der Waals surface area contributed by atoms with Gasteiger partial charge >= 0.3 is 0 Å². The second-order valence-corrected chi connectivity index (χ2v) is 7.70. The minimum atomic E-state index is 0.837. The van der Waals surface area contributed by atoms with Crippen LogP contribution < -0.4 is 4.90 Å². The quantitative estimate of drug-likeness (QED) is 0.857. The van der Waals surface area contributed by atoms with Gasteiger partial charge in [0.1, 0.15) is 0 Å². The Bertz CT molecular complexity index is 734. The van der Waals surface area contributed by atoms with Crippen LogP contribution in [0.25, 0.3) is 0 Å². The van der Waals surface area contributed by atoms with Crippen molar-refractivity contribution < 1.29 is 0 Å². The molecule has 4 nitrogen and oxygen atoms in total. The fraction of sp³-hybridized carbons (Fsp3) is 0.524. The summed E-state index contributed by atoms with van der Waals surface area (Å²) in [5, 5.41) is 0.